The van der Waals surface area contributed by atoms with E-state index in [1.807, 2.05) is 38.4 Å². The van der Waals surface area contributed by atoms with Crippen LogP contribution in [0.15, 0.2) is 29.4 Å². The van der Waals surface area contributed by atoms with Crippen LogP contribution in [-0.4, -0.2) is 31.1 Å². The highest BCUT2D eigenvalue weighted by molar-refractivity contribution is 7.80. The summed E-state index contributed by atoms with van der Waals surface area (Å²) < 4.78 is 5.07. The Labute approximate surface area is 106 Å². The van der Waals surface area contributed by atoms with Gasteiger partial charge in [-0.15, -0.1) is 0 Å². The van der Waals surface area contributed by atoms with E-state index >= 15 is 0 Å². The zero-order chi connectivity index (χ0) is 12.8. The van der Waals surface area contributed by atoms with E-state index in [0.717, 1.165) is 11.3 Å². The lowest BCUT2D eigenvalue weighted by molar-refractivity contribution is 0.414. The topological polar surface area (TPSA) is 61.2 Å². The van der Waals surface area contributed by atoms with Gasteiger partial charge in [0, 0.05) is 19.0 Å². The molecule has 0 N–H and O–H groups in total. The van der Waals surface area contributed by atoms with E-state index in [1.165, 1.54) is 0 Å². The standard InChI is InChI=1S/C11H14N4OS/c1-15(2)11(17)10(13-14-12)8-4-6-9(16-3)7-5-8/h4-7,10H,1-3H3. The van der Waals surface area contributed by atoms with Gasteiger partial charge in [0.2, 0.25) is 0 Å². The largest absolute Gasteiger partial charge is 0.497 e. The second kappa shape index (κ2) is 6.08. The van der Waals surface area contributed by atoms with Crippen molar-refractivity contribution in [2.75, 3.05) is 21.2 Å². The second-order valence-electron chi connectivity index (χ2n) is 3.61. The minimum absolute atomic E-state index is 0.462. The lowest BCUT2D eigenvalue weighted by Crippen LogP contribution is -2.25. The van der Waals surface area contributed by atoms with Crippen molar-refractivity contribution < 1.29 is 4.74 Å². The van der Waals surface area contributed by atoms with E-state index in [2.05, 4.69) is 10.0 Å². The number of rotatable bonds is 4. The van der Waals surface area contributed by atoms with Gasteiger partial charge in [-0.25, -0.2) is 0 Å². The number of ether oxygens (including phenoxy) is 1. The molecule has 0 spiro atoms. The first-order valence-electron chi connectivity index (χ1n) is 4.99. The van der Waals surface area contributed by atoms with Crippen molar-refractivity contribution in [3.05, 3.63) is 40.3 Å². The van der Waals surface area contributed by atoms with Gasteiger partial charge in [0.15, 0.2) is 0 Å². The number of azide groups is 1. The molecule has 1 aromatic rings. The summed E-state index contributed by atoms with van der Waals surface area (Å²) in [6, 6.07) is 6.85. The lowest BCUT2D eigenvalue weighted by atomic mass is 10.1. The van der Waals surface area contributed by atoms with Crippen LogP contribution in [0, 0.1) is 0 Å². The summed E-state index contributed by atoms with van der Waals surface area (Å²) in [5.41, 5.74) is 9.43. The normalized spacial score (nSPS) is 11.2. The zero-order valence-corrected chi connectivity index (χ0v) is 10.8. The van der Waals surface area contributed by atoms with Gasteiger partial charge in [0.1, 0.15) is 11.8 Å². The molecule has 0 fully saturated rings. The Hall–Kier alpha value is -1.78. The van der Waals surface area contributed by atoms with Gasteiger partial charge in [0.05, 0.1) is 12.1 Å². The van der Waals surface area contributed by atoms with Crippen LogP contribution in [0.5, 0.6) is 5.75 Å². The molecule has 0 saturated heterocycles. The van der Waals surface area contributed by atoms with Crippen LogP contribution in [0.3, 0.4) is 0 Å². The highest BCUT2D eigenvalue weighted by atomic mass is 32.1. The van der Waals surface area contributed by atoms with E-state index in [9.17, 15) is 0 Å². The molecule has 0 bridgehead atoms. The first kappa shape index (κ1) is 13.3. The molecule has 17 heavy (non-hydrogen) atoms. The van der Waals surface area contributed by atoms with Crippen LogP contribution in [0.25, 0.3) is 10.4 Å². The van der Waals surface area contributed by atoms with Gasteiger partial charge in [0.25, 0.3) is 0 Å². The maximum atomic E-state index is 8.58. The van der Waals surface area contributed by atoms with Gasteiger partial charge >= 0.3 is 0 Å². The predicted molar refractivity (Wildman–Crippen MR) is 71.2 cm³/mol. The van der Waals surface area contributed by atoms with Crippen LogP contribution in [0.4, 0.5) is 0 Å². The first-order valence-corrected chi connectivity index (χ1v) is 5.40. The summed E-state index contributed by atoms with van der Waals surface area (Å²) in [5.74, 6) is 0.754. The average Bonchev–Trinajstić information content (AvgIpc) is 2.35. The Kier molecular flexibility index (Phi) is 4.75. The second-order valence-corrected chi connectivity index (χ2v) is 4.03. The van der Waals surface area contributed by atoms with Gasteiger partial charge in [-0.1, -0.05) is 29.5 Å². The molecular weight excluding hydrogens is 236 g/mol. The Morgan fingerprint density at radius 1 is 1.41 bits per heavy atom. The third-order valence-corrected chi connectivity index (χ3v) is 2.86. The summed E-state index contributed by atoms with van der Waals surface area (Å²) in [7, 11) is 5.25. The molecule has 1 atom stereocenters. The molecule has 0 aromatic heterocycles. The predicted octanol–water partition coefficient (Wildman–Crippen LogP) is 2.94. The molecule has 0 saturated carbocycles. The summed E-state index contributed by atoms with van der Waals surface area (Å²) >= 11 is 5.24. The molecule has 0 heterocycles. The fourth-order valence-corrected chi connectivity index (χ4v) is 1.52. The highest BCUT2D eigenvalue weighted by Gasteiger charge is 2.16. The number of benzene rings is 1. The third-order valence-electron chi connectivity index (χ3n) is 2.27. The number of hydrogen-bond donors (Lipinski definition) is 0. The average molecular weight is 250 g/mol. The Morgan fingerprint density at radius 2 is 2.00 bits per heavy atom. The van der Waals surface area contributed by atoms with Gasteiger partial charge in [-0.05, 0) is 23.2 Å². The number of nitrogens with zero attached hydrogens (tertiary/aromatic N) is 4. The zero-order valence-electron chi connectivity index (χ0n) is 9.99. The monoisotopic (exact) mass is 250 g/mol. The summed E-state index contributed by atoms with van der Waals surface area (Å²) in [6.45, 7) is 0. The van der Waals surface area contributed by atoms with E-state index in [1.54, 1.807) is 12.0 Å². The Bertz CT molecular complexity index is 437. The molecule has 1 rings (SSSR count). The van der Waals surface area contributed by atoms with Crippen molar-refractivity contribution in [2.45, 2.75) is 6.04 Å². The molecule has 1 aromatic carbocycles. The van der Waals surface area contributed by atoms with Crippen molar-refractivity contribution in [3.8, 4) is 5.75 Å². The van der Waals surface area contributed by atoms with Crippen molar-refractivity contribution in [2.24, 2.45) is 5.11 Å². The third kappa shape index (κ3) is 3.34. The smallest absolute Gasteiger partial charge is 0.118 e. The van der Waals surface area contributed by atoms with Crippen molar-refractivity contribution >= 4 is 17.2 Å². The van der Waals surface area contributed by atoms with Crippen LogP contribution in [0.1, 0.15) is 11.6 Å². The molecular formula is C11H14N4OS. The van der Waals surface area contributed by atoms with Crippen LogP contribution in [0.2, 0.25) is 0 Å². The molecule has 90 valence electrons. The fraction of sp³-hybridized carbons (Fsp3) is 0.364. The van der Waals surface area contributed by atoms with E-state index in [-0.39, 0.29) is 0 Å². The van der Waals surface area contributed by atoms with Crippen LogP contribution in [-0.2, 0) is 0 Å². The van der Waals surface area contributed by atoms with Gasteiger partial charge in [-0.3, -0.25) is 0 Å². The van der Waals surface area contributed by atoms with E-state index < -0.39 is 6.04 Å². The highest BCUT2D eigenvalue weighted by Crippen LogP contribution is 2.23. The molecule has 0 amide bonds. The molecule has 5 nitrogen and oxygen atoms in total. The number of likely N-dealkylation sites (N-methyl/N-ethyl adjacent to an activating group) is 1. The molecule has 0 aliphatic heterocycles. The van der Waals surface area contributed by atoms with Crippen molar-refractivity contribution in [1.29, 1.82) is 0 Å². The fourth-order valence-electron chi connectivity index (χ4n) is 1.34. The van der Waals surface area contributed by atoms with E-state index in [0.29, 0.717) is 4.99 Å². The minimum atomic E-state index is -0.462. The summed E-state index contributed by atoms with van der Waals surface area (Å²) in [5, 5.41) is 3.73. The maximum Gasteiger partial charge on any atom is 0.118 e. The maximum absolute atomic E-state index is 8.58. The Morgan fingerprint density at radius 3 is 2.41 bits per heavy atom. The number of methoxy groups -OCH3 is 1. The number of thiocarbonyl (C=S) groups is 1. The van der Waals surface area contributed by atoms with Crippen molar-refractivity contribution in [3.63, 3.8) is 0 Å². The van der Waals surface area contributed by atoms with Crippen LogP contribution < -0.4 is 4.74 Å². The molecule has 6 heteroatoms. The summed E-state index contributed by atoms with van der Waals surface area (Å²) in [6.07, 6.45) is 0. The summed E-state index contributed by atoms with van der Waals surface area (Å²) in [4.78, 5) is 5.18. The molecule has 0 aliphatic rings. The van der Waals surface area contributed by atoms with Crippen molar-refractivity contribution in [1.82, 2.24) is 4.90 Å². The first-order chi connectivity index (χ1) is 8.10. The molecule has 0 aliphatic carbocycles. The quantitative estimate of drug-likeness (QED) is 0.357. The Balaban J connectivity index is 3.05. The number of hydrogen-bond acceptors (Lipinski definition) is 3. The minimum Gasteiger partial charge on any atom is -0.497 e. The molecule has 0 radical (unpaired) electrons. The lowest BCUT2D eigenvalue weighted by Gasteiger charge is -2.20. The van der Waals surface area contributed by atoms with Gasteiger partial charge < -0.3 is 9.64 Å². The van der Waals surface area contributed by atoms with Gasteiger partial charge in [-0.2, -0.15) is 0 Å². The molecule has 1 unspecified atom stereocenters. The van der Waals surface area contributed by atoms with E-state index in [4.69, 9.17) is 22.5 Å². The SMILES string of the molecule is COc1ccc(C(N=[N+]=[N-])C(=S)N(C)C)cc1. The van der Waals surface area contributed by atoms with Crippen LogP contribution >= 0.6 is 12.2 Å².